The largest absolute Gasteiger partial charge is 0.462 e. The Morgan fingerprint density at radius 1 is 1.03 bits per heavy atom. The zero-order valence-corrected chi connectivity index (χ0v) is 17.8. The Morgan fingerprint density at radius 2 is 1.63 bits per heavy atom. The summed E-state index contributed by atoms with van der Waals surface area (Å²) in [6, 6.07) is 16.6. The lowest BCUT2D eigenvalue weighted by atomic mass is 9.64. The first-order chi connectivity index (χ1) is 14.4. The van der Waals surface area contributed by atoms with E-state index in [-0.39, 0.29) is 17.9 Å². The molecule has 2 fully saturated rings. The van der Waals surface area contributed by atoms with Crippen molar-refractivity contribution in [1.29, 1.82) is 0 Å². The summed E-state index contributed by atoms with van der Waals surface area (Å²) in [4.78, 5) is 25.0. The second-order valence-corrected chi connectivity index (χ2v) is 9.86. The third-order valence-electron chi connectivity index (χ3n) is 8.78. The number of fused-ring (bicyclic) bond motifs is 5. The summed E-state index contributed by atoms with van der Waals surface area (Å²) >= 11 is 0. The Kier molecular flexibility index (Phi) is 4.15. The summed E-state index contributed by atoms with van der Waals surface area (Å²) < 4.78 is 11.6. The van der Waals surface area contributed by atoms with Crippen LogP contribution < -0.4 is 0 Å². The van der Waals surface area contributed by atoms with Gasteiger partial charge in [-0.25, -0.2) is 4.79 Å². The third-order valence-corrected chi connectivity index (χ3v) is 8.78. The van der Waals surface area contributed by atoms with E-state index in [4.69, 9.17) is 9.47 Å². The van der Waals surface area contributed by atoms with Crippen molar-refractivity contribution in [1.82, 2.24) is 0 Å². The number of hydrogen-bond acceptors (Lipinski definition) is 4. The molecule has 0 aliphatic heterocycles. The molecular formula is C26H28O4. The molecule has 5 rings (SSSR count). The van der Waals surface area contributed by atoms with Gasteiger partial charge in [0.15, 0.2) is 0 Å². The lowest BCUT2D eigenvalue weighted by Crippen LogP contribution is -2.55. The molecular weight excluding hydrogens is 376 g/mol. The first kappa shape index (κ1) is 19.3. The molecule has 4 nitrogen and oxygen atoms in total. The van der Waals surface area contributed by atoms with E-state index in [1.807, 2.05) is 24.3 Å². The van der Waals surface area contributed by atoms with Crippen LogP contribution in [0.1, 0.15) is 57.1 Å². The topological polar surface area (TPSA) is 52.6 Å². The first-order valence-electron chi connectivity index (χ1n) is 10.8. The minimum atomic E-state index is -1.20. The van der Waals surface area contributed by atoms with Gasteiger partial charge < -0.3 is 9.47 Å². The van der Waals surface area contributed by atoms with Crippen molar-refractivity contribution in [3.63, 3.8) is 0 Å². The van der Waals surface area contributed by atoms with Gasteiger partial charge in [0.2, 0.25) is 5.60 Å². The minimum absolute atomic E-state index is 0.00552. The summed E-state index contributed by atoms with van der Waals surface area (Å²) in [6.45, 7) is 7.15. The molecule has 3 aliphatic carbocycles. The van der Waals surface area contributed by atoms with E-state index in [0.29, 0.717) is 18.8 Å². The zero-order valence-electron chi connectivity index (χ0n) is 17.8. The fourth-order valence-electron chi connectivity index (χ4n) is 6.58. The SMILES string of the molecule is CC1(C)C2CCC1(C)C(OC=O)(C(=O)OCC1c3ccccc3-c3ccccc31)C2. The second-order valence-electron chi connectivity index (χ2n) is 9.86. The molecule has 2 aromatic rings. The van der Waals surface area contributed by atoms with Gasteiger partial charge in [-0.2, -0.15) is 0 Å². The number of rotatable bonds is 5. The van der Waals surface area contributed by atoms with E-state index in [1.165, 1.54) is 22.3 Å². The second kappa shape index (κ2) is 6.44. The highest BCUT2D eigenvalue weighted by molar-refractivity contribution is 5.84. The Morgan fingerprint density at radius 3 is 2.13 bits per heavy atom. The van der Waals surface area contributed by atoms with Crippen LogP contribution in [0.3, 0.4) is 0 Å². The molecule has 0 heterocycles. The van der Waals surface area contributed by atoms with Crippen LogP contribution in [0.5, 0.6) is 0 Å². The molecule has 3 aliphatic rings. The van der Waals surface area contributed by atoms with Crippen molar-refractivity contribution in [3.05, 3.63) is 59.7 Å². The number of esters is 1. The van der Waals surface area contributed by atoms with E-state index in [0.717, 1.165) is 12.8 Å². The van der Waals surface area contributed by atoms with Crippen molar-refractivity contribution in [2.24, 2.45) is 16.7 Å². The molecule has 2 bridgehead atoms. The minimum Gasteiger partial charge on any atom is -0.462 e. The lowest BCUT2D eigenvalue weighted by Gasteiger charge is -2.44. The molecule has 0 amide bonds. The molecule has 0 radical (unpaired) electrons. The van der Waals surface area contributed by atoms with Crippen LogP contribution in [0.2, 0.25) is 0 Å². The monoisotopic (exact) mass is 404 g/mol. The molecule has 3 unspecified atom stereocenters. The molecule has 4 heteroatoms. The highest BCUT2D eigenvalue weighted by Crippen LogP contribution is 2.70. The maximum Gasteiger partial charge on any atom is 0.351 e. The van der Waals surface area contributed by atoms with E-state index in [9.17, 15) is 9.59 Å². The predicted molar refractivity (Wildman–Crippen MR) is 114 cm³/mol. The van der Waals surface area contributed by atoms with E-state index >= 15 is 0 Å². The van der Waals surface area contributed by atoms with Crippen LogP contribution in [0.15, 0.2) is 48.5 Å². The molecule has 2 saturated carbocycles. The average Bonchev–Trinajstić information content (AvgIpc) is 3.24. The molecule has 30 heavy (non-hydrogen) atoms. The third kappa shape index (κ3) is 2.28. The Bertz CT molecular complexity index is 980. The van der Waals surface area contributed by atoms with Gasteiger partial charge >= 0.3 is 5.97 Å². The lowest BCUT2D eigenvalue weighted by molar-refractivity contribution is -0.195. The van der Waals surface area contributed by atoms with Gasteiger partial charge in [-0.15, -0.1) is 0 Å². The highest BCUT2D eigenvalue weighted by atomic mass is 16.6. The Hall–Kier alpha value is -2.62. The summed E-state index contributed by atoms with van der Waals surface area (Å²) in [6.07, 6.45) is 2.47. The summed E-state index contributed by atoms with van der Waals surface area (Å²) in [5.41, 5.74) is 3.05. The molecule has 3 atom stereocenters. The van der Waals surface area contributed by atoms with E-state index in [1.54, 1.807) is 0 Å². The summed E-state index contributed by atoms with van der Waals surface area (Å²) in [7, 11) is 0. The maximum atomic E-state index is 13.5. The smallest absolute Gasteiger partial charge is 0.351 e. The van der Waals surface area contributed by atoms with Crippen molar-refractivity contribution in [2.75, 3.05) is 6.61 Å². The van der Waals surface area contributed by atoms with Crippen LogP contribution in [-0.4, -0.2) is 24.6 Å². The van der Waals surface area contributed by atoms with Gasteiger partial charge in [-0.3, -0.25) is 4.79 Å². The number of hydrogen-bond donors (Lipinski definition) is 0. The number of carbonyl (C=O) groups excluding carboxylic acids is 2. The molecule has 0 aromatic heterocycles. The number of benzene rings is 2. The van der Waals surface area contributed by atoms with Crippen LogP contribution in [0.4, 0.5) is 0 Å². The fraction of sp³-hybridized carbons (Fsp3) is 0.462. The molecule has 0 spiro atoms. The standard InChI is InChI=1S/C26H28O4/c1-24(2)17-12-13-25(24,3)26(14-17,30-16-27)23(28)29-15-22-20-10-6-4-8-18(20)19-9-5-7-11-21(19)22/h4-11,16-17,22H,12-15H2,1-3H3. The molecule has 0 N–H and O–H groups in total. The van der Waals surface area contributed by atoms with Crippen LogP contribution >= 0.6 is 0 Å². The van der Waals surface area contributed by atoms with Crippen LogP contribution in [0.25, 0.3) is 11.1 Å². The van der Waals surface area contributed by atoms with Gasteiger partial charge in [0.05, 0.1) is 0 Å². The van der Waals surface area contributed by atoms with Crippen molar-refractivity contribution < 1.29 is 19.1 Å². The van der Waals surface area contributed by atoms with Gasteiger partial charge in [-0.05, 0) is 46.4 Å². The van der Waals surface area contributed by atoms with E-state index < -0.39 is 17.0 Å². The van der Waals surface area contributed by atoms with Gasteiger partial charge in [-0.1, -0.05) is 69.3 Å². The van der Waals surface area contributed by atoms with Gasteiger partial charge in [0, 0.05) is 17.8 Å². The van der Waals surface area contributed by atoms with Crippen molar-refractivity contribution in [2.45, 2.75) is 51.6 Å². The average molecular weight is 405 g/mol. The summed E-state index contributed by atoms with van der Waals surface area (Å²) in [5, 5.41) is 0. The van der Waals surface area contributed by atoms with E-state index in [2.05, 4.69) is 45.0 Å². The molecule has 0 saturated heterocycles. The first-order valence-corrected chi connectivity index (χ1v) is 10.8. The predicted octanol–water partition coefficient (Wildman–Crippen LogP) is 5.10. The summed E-state index contributed by atoms with van der Waals surface area (Å²) in [5.74, 6) is -0.0498. The van der Waals surface area contributed by atoms with Gasteiger partial charge in [0.1, 0.15) is 6.61 Å². The van der Waals surface area contributed by atoms with Crippen molar-refractivity contribution in [3.8, 4) is 11.1 Å². The molecule has 2 aromatic carbocycles. The maximum absolute atomic E-state index is 13.5. The fourth-order valence-corrected chi connectivity index (χ4v) is 6.58. The van der Waals surface area contributed by atoms with Crippen molar-refractivity contribution >= 4 is 12.4 Å². The Balaban J connectivity index is 1.45. The molecule has 156 valence electrons. The normalized spacial score (nSPS) is 30.6. The Labute approximate surface area is 177 Å². The quantitative estimate of drug-likeness (QED) is 0.514. The highest BCUT2D eigenvalue weighted by Gasteiger charge is 2.74. The number of carbonyl (C=O) groups is 2. The zero-order chi connectivity index (χ0) is 21.1. The van der Waals surface area contributed by atoms with Crippen LogP contribution in [0, 0.1) is 16.7 Å². The number of ether oxygens (including phenoxy) is 2. The van der Waals surface area contributed by atoms with Gasteiger partial charge in [0.25, 0.3) is 6.47 Å². The van der Waals surface area contributed by atoms with Crippen LogP contribution in [-0.2, 0) is 19.1 Å².